The van der Waals surface area contributed by atoms with Gasteiger partial charge in [-0.25, -0.2) is 0 Å². The van der Waals surface area contributed by atoms with Crippen LogP contribution in [0.4, 0.5) is 0 Å². The van der Waals surface area contributed by atoms with Gasteiger partial charge in [0.2, 0.25) is 0 Å². The topological polar surface area (TPSA) is 127 Å². The summed E-state index contributed by atoms with van der Waals surface area (Å²) in [5.74, 6) is 0. The summed E-state index contributed by atoms with van der Waals surface area (Å²) in [5.41, 5.74) is 5.22. The Balaban J connectivity index is 3.99. The zero-order valence-electron chi connectivity index (χ0n) is 6.54. The maximum absolute atomic E-state index is 9.08. The molecular formula is C6H15NO5. The van der Waals surface area contributed by atoms with Gasteiger partial charge in [-0.3, -0.25) is 0 Å². The maximum atomic E-state index is 9.08. The van der Waals surface area contributed by atoms with Crippen molar-refractivity contribution in [3.05, 3.63) is 0 Å². The Kier molecular flexibility index (Phi) is 5.31. The molecule has 0 rings (SSSR count). The van der Waals surface area contributed by atoms with Gasteiger partial charge < -0.3 is 31.3 Å². The summed E-state index contributed by atoms with van der Waals surface area (Å²) in [4.78, 5) is 0. The molecule has 0 aromatic rings. The van der Waals surface area contributed by atoms with Gasteiger partial charge in [-0.15, -0.1) is 0 Å². The molecule has 74 valence electrons. The van der Waals surface area contributed by atoms with E-state index >= 15 is 0 Å². The van der Waals surface area contributed by atoms with Crippen LogP contribution in [0, 0.1) is 0 Å². The van der Waals surface area contributed by atoms with Crippen LogP contribution >= 0.6 is 0 Å². The van der Waals surface area contributed by atoms with Crippen molar-refractivity contribution in [1.29, 1.82) is 0 Å². The summed E-state index contributed by atoms with van der Waals surface area (Å²) in [6, 6.07) is -1.17. The predicted molar refractivity (Wildman–Crippen MR) is 40.2 cm³/mol. The molecule has 0 unspecified atom stereocenters. The third-order valence-electron chi connectivity index (χ3n) is 1.61. The second kappa shape index (κ2) is 5.41. The third kappa shape index (κ3) is 3.02. The van der Waals surface area contributed by atoms with Crippen LogP contribution in [-0.2, 0) is 0 Å². The molecule has 7 N–H and O–H groups in total. The van der Waals surface area contributed by atoms with Crippen LogP contribution in [0.1, 0.15) is 0 Å². The highest BCUT2D eigenvalue weighted by atomic mass is 16.4. The van der Waals surface area contributed by atoms with Crippen molar-refractivity contribution in [3.8, 4) is 0 Å². The second-order valence-corrected chi connectivity index (χ2v) is 2.57. The Morgan fingerprint density at radius 3 is 1.67 bits per heavy atom. The Bertz CT molecular complexity index is 109. The zero-order chi connectivity index (χ0) is 9.72. The SMILES string of the molecule is N[C@@H]([C@H](O)[C@H](O)CO)[C@@H](O)CO. The lowest BCUT2D eigenvalue weighted by Crippen LogP contribution is -2.52. The first-order valence-corrected chi connectivity index (χ1v) is 3.56. The summed E-state index contributed by atoms with van der Waals surface area (Å²) in [6.07, 6.45) is -4.15. The fourth-order valence-corrected chi connectivity index (χ4v) is 0.714. The molecule has 6 nitrogen and oxygen atoms in total. The molecule has 0 fully saturated rings. The van der Waals surface area contributed by atoms with E-state index in [4.69, 9.17) is 31.3 Å². The van der Waals surface area contributed by atoms with Crippen molar-refractivity contribution in [2.45, 2.75) is 24.4 Å². The molecule has 0 aromatic carbocycles. The first-order chi connectivity index (χ1) is 5.54. The van der Waals surface area contributed by atoms with E-state index in [0.717, 1.165) is 0 Å². The Hall–Kier alpha value is -0.240. The van der Waals surface area contributed by atoms with Crippen molar-refractivity contribution in [1.82, 2.24) is 0 Å². The van der Waals surface area contributed by atoms with Crippen LogP contribution in [0.15, 0.2) is 0 Å². The predicted octanol–water partition coefficient (Wildman–Crippen LogP) is -3.62. The maximum Gasteiger partial charge on any atom is 0.104 e. The summed E-state index contributed by atoms with van der Waals surface area (Å²) >= 11 is 0. The number of hydrogen-bond donors (Lipinski definition) is 6. The van der Waals surface area contributed by atoms with E-state index < -0.39 is 37.6 Å². The van der Waals surface area contributed by atoms with Crippen molar-refractivity contribution >= 4 is 0 Å². The lowest BCUT2D eigenvalue weighted by molar-refractivity contribution is -0.0568. The normalized spacial score (nSPS) is 21.5. The van der Waals surface area contributed by atoms with E-state index in [9.17, 15) is 0 Å². The lowest BCUT2D eigenvalue weighted by Gasteiger charge is -2.25. The summed E-state index contributed by atoms with van der Waals surface area (Å²) in [6.45, 7) is -1.25. The summed E-state index contributed by atoms with van der Waals surface area (Å²) in [7, 11) is 0. The van der Waals surface area contributed by atoms with E-state index in [1.54, 1.807) is 0 Å². The average Bonchev–Trinajstić information content (AvgIpc) is 2.12. The van der Waals surface area contributed by atoms with E-state index in [0.29, 0.717) is 0 Å². The molecule has 0 saturated carbocycles. The van der Waals surface area contributed by atoms with Crippen molar-refractivity contribution in [2.75, 3.05) is 13.2 Å². The number of aliphatic hydroxyl groups is 5. The highest BCUT2D eigenvalue weighted by Crippen LogP contribution is 2.01. The smallest absolute Gasteiger partial charge is 0.104 e. The molecule has 0 saturated heterocycles. The van der Waals surface area contributed by atoms with Gasteiger partial charge >= 0.3 is 0 Å². The summed E-state index contributed by atoms with van der Waals surface area (Å²) < 4.78 is 0. The van der Waals surface area contributed by atoms with Gasteiger partial charge in [-0.1, -0.05) is 0 Å². The van der Waals surface area contributed by atoms with Crippen LogP contribution in [0.5, 0.6) is 0 Å². The number of rotatable bonds is 5. The van der Waals surface area contributed by atoms with Gasteiger partial charge in [0.25, 0.3) is 0 Å². The fraction of sp³-hybridized carbons (Fsp3) is 1.00. The Morgan fingerprint density at radius 2 is 1.33 bits per heavy atom. The van der Waals surface area contributed by atoms with E-state index in [2.05, 4.69) is 0 Å². The fourth-order valence-electron chi connectivity index (χ4n) is 0.714. The first kappa shape index (κ1) is 11.8. The molecule has 6 heteroatoms. The van der Waals surface area contributed by atoms with E-state index in [1.807, 2.05) is 0 Å². The minimum absolute atomic E-state index is 0.601. The van der Waals surface area contributed by atoms with Gasteiger partial charge in [0.05, 0.1) is 31.5 Å². The average molecular weight is 181 g/mol. The van der Waals surface area contributed by atoms with Crippen molar-refractivity contribution in [3.63, 3.8) is 0 Å². The molecule has 0 spiro atoms. The highest BCUT2D eigenvalue weighted by Gasteiger charge is 2.27. The minimum atomic E-state index is -1.45. The monoisotopic (exact) mass is 181 g/mol. The van der Waals surface area contributed by atoms with Gasteiger partial charge in [0, 0.05) is 0 Å². The molecule has 0 radical (unpaired) electrons. The number of nitrogens with two attached hydrogens (primary N) is 1. The van der Waals surface area contributed by atoms with Crippen LogP contribution in [0.3, 0.4) is 0 Å². The molecule has 0 aliphatic heterocycles. The standard InChI is InChI=1S/C6H15NO5/c7-5(3(10)1-8)6(12)4(11)2-9/h3-6,8-12H,1-2,7H2/t3-,4+,5+,6+/m0/s1. The van der Waals surface area contributed by atoms with Gasteiger partial charge in [-0.2, -0.15) is 0 Å². The van der Waals surface area contributed by atoms with E-state index in [-0.39, 0.29) is 0 Å². The zero-order valence-corrected chi connectivity index (χ0v) is 6.54. The summed E-state index contributed by atoms with van der Waals surface area (Å²) in [5, 5.41) is 43.7. The number of aliphatic hydroxyl groups excluding tert-OH is 5. The van der Waals surface area contributed by atoms with Crippen LogP contribution < -0.4 is 5.73 Å². The third-order valence-corrected chi connectivity index (χ3v) is 1.61. The van der Waals surface area contributed by atoms with Gasteiger partial charge in [0.15, 0.2) is 0 Å². The van der Waals surface area contributed by atoms with Gasteiger partial charge in [-0.05, 0) is 0 Å². The Labute approximate surface area is 69.9 Å². The second-order valence-electron chi connectivity index (χ2n) is 2.57. The molecule has 0 amide bonds. The van der Waals surface area contributed by atoms with Crippen molar-refractivity contribution < 1.29 is 25.5 Å². The molecule has 0 heterocycles. The molecule has 0 aliphatic rings. The largest absolute Gasteiger partial charge is 0.394 e. The molecule has 0 aliphatic carbocycles. The molecule has 0 aromatic heterocycles. The van der Waals surface area contributed by atoms with Crippen LogP contribution in [-0.4, -0.2) is 63.1 Å². The highest BCUT2D eigenvalue weighted by molar-refractivity contribution is 4.83. The molecule has 0 bridgehead atoms. The Morgan fingerprint density at radius 1 is 0.917 bits per heavy atom. The molecular weight excluding hydrogens is 166 g/mol. The van der Waals surface area contributed by atoms with Crippen molar-refractivity contribution in [2.24, 2.45) is 5.73 Å². The van der Waals surface area contributed by atoms with Crippen LogP contribution in [0.25, 0.3) is 0 Å². The molecule has 12 heavy (non-hydrogen) atoms. The molecule has 4 atom stereocenters. The first-order valence-electron chi connectivity index (χ1n) is 3.56. The van der Waals surface area contributed by atoms with Crippen LogP contribution in [0.2, 0.25) is 0 Å². The quantitative estimate of drug-likeness (QED) is 0.260. The minimum Gasteiger partial charge on any atom is -0.394 e. The van der Waals surface area contributed by atoms with Gasteiger partial charge in [0.1, 0.15) is 6.10 Å². The lowest BCUT2D eigenvalue weighted by atomic mass is 10.0. The number of hydrogen-bond acceptors (Lipinski definition) is 6. The van der Waals surface area contributed by atoms with E-state index in [1.165, 1.54) is 0 Å².